The van der Waals surface area contributed by atoms with Gasteiger partial charge >= 0.3 is 5.97 Å². The zero-order valence-electron chi connectivity index (χ0n) is 18.4. The largest absolute Gasteiger partial charge is 0.449 e. The average molecular weight is 467 g/mol. The summed E-state index contributed by atoms with van der Waals surface area (Å²) < 4.78 is 10.6. The zero-order valence-corrected chi connectivity index (χ0v) is 18.4. The van der Waals surface area contributed by atoms with Gasteiger partial charge in [-0.15, -0.1) is 0 Å². The second-order valence-corrected chi connectivity index (χ2v) is 7.97. The van der Waals surface area contributed by atoms with E-state index in [4.69, 9.17) is 9.15 Å². The van der Waals surface area contributed by atoms with E-state index in [9.17, 15) is 24.0 Å². The number of ether oxygens (including phenoxy) is 1. The second-order valence-electron chi connectivity index (χ2n) is 7.97. The third-order valence-electron chi connectivity index (χ3n) is 5.68. The molecule has 172 valence electrons. The van der Waals surface area contributed by atoms with E-state index in [-0.39, 0.29) is 39.7 Å². The van der Waals surface area contributed by atoms with Crippen molar-refractivity contribution in [3.63, 3.8) is 0 Å². The van der Waals surface area contributed by atoms with Crippen LogP contribution in [0.1, 0.15) is 49.3 Å². The van der Waals surface area contributed by atoms with Crippen LogP contribution >= 0.6 is 0 Å². The number of benzene rings is 3. The molecule has 0 saturated carbocycles. The van der Waals surface area contributed by atoms with Gasteiger partial charge in [0.25, 0.3) is 5.91 Å². The first kappa shape index (κ1) is 22.0. The molecule has 8 nitrogen and oxygen atoms in total. The number of carbonyl (C=O) groups is 4. The van der Waals surface area contributed by atoms with Crippen molar-refractivity contribution in [2.75, 3.05) is 5.32 Å². The van der Waals surface area contributed by atoms with E-state index in [1.165, 1.54) is 25.1 Å². The van der Waals surface area contributed by atoms with Crippen LogP contribution in [0.2, 0.25) is 0 Å². The molecule has 1 unspecified atom stereocenters. The Morgan fingerprint density at radius 3 is 2.17 bits per heavy atom. The Bertz CT molecular complexity index is 1620. The van der Waals surface area contributed by atoms with E-state index in [2.05, 4.69) is 5.32 Å². The minimum atomic E-state index is -1.24. The first-order valence-electron chi connectivity index (χ1n) is 10.7. The van der Waals surface area contributed by atoms with E-state index in [0.717, 1.165) is 6.07 Å². The van der Waals surface area contributed by atoms with Crippen molar-refractivity contribution in [2.24, 2.45) is 0 Å². The van der Waals surface area contributed by atoms with E-state index in [1.807, 2.05) is 0 Å². The third kappa shape index (κ3) is 3.91. The molecule has 1 amide bonds. The minimum Gasteiger partial charge on any atom is -0.449 e. The lowest BCUT2D eigenvalue weighted by Crippen LogP contribution is -2.30. The van der Waals surface area contributed by atoms with Gasteiger partial charge < -0.3 is 14.5 Å². The number of anilines is 1. The molecular formula is C27H17NO7. The maximum Gasteiger partial charge on any atom is 0.375 e. The fourth-order valence-corrected chi connectivity index (χ4v) is 3.90. The highest BCUT2D eigenvalue weighted by molar-refractivity contribution is 6.28. The lowest BCUT2D eigenvalue weighted by molar-refractivity contribution is -0.123. The monoisotopic (exact) mass is 467 g/mol. The molecule has 3 aromatic carbocycles. The van der Waals surface area contributed by atoms with Crippen LogP contribution in [-0.4, -0.2) is 29.5 Å². The fourth-order valence-electron chi connectivity index (χ4n) is 3.90. The van der Waals surface area contributed by atoms with Crippen LogP contribution in [0.15, 0.2) is 82.0 Å². The molecule has 35 heavy (non-hydrogen) atoms. The number of amides is 1. The summed E-state index contributed by atoms with van der Waals surface area (Å²) in [6, 6.07) is 18.4. The van der Waals surface area contributed by atoms with E-state index >= 15 is 0 Å². The number of ketones is 2. The molecule has 1 aromatic heterocycles. The van der Waals surface area contributed by atoms with Gasteiger partial charge in [-0.05, 0) is 37.3 Å². The molecule has 4 aromatic rings. The van der Waals surface area contributed by atoms with Crippen molar-refractivity contribution in [3.05, 3.63) is 111 Å². The number of hydrogen-bond acceptors (Lipinski definition) is 7. The normalized spacial score (nSPS) is 13.1. The maximum absolute atomic E-state index is 12.9. The van der Waals surface area contributed by atoms with E-state index in [1.54, 1.807) is 48.5 Å². The molecule has 1 aliphatic rings. The molecule has 0 saturated heterocycles. The van der Waals surface area contributed by atoms with E-state index in [0.29, 0.717) is 16.5 Å². The highest BCUT2D eigenvalue weighted by Gasteiger charge is 2.30. The molecule has 1 atom stereocenters. The Morgan fingerprint density at radius 2 is 1.43 bits per heavy atom. The summed E-state index contributed by atoms with van der Waals surface area (Å²) in [5.41, 5.74) is 1.13. The summed E-state index contributed by atoms with van der Waals surface area (Å²) >= 11 is 0. The number of para-hydroxylation sites is 1. The Morgan fingerprint density at radius 1 is 0.800 bits per heavy atom. The second kappa shape index (κ2) is 8.49. The van der Waals surface area contributed by atoms with Crippen LogP contribution in [0.3, 0.4) is 0 Å². The summed E-state index contributed by atoms with van der Waals surface area (Å²) in [5.74, 6) is -2.57. The summed E-state index contributed by atoms with van der Waals surface area (Å²) in [5, 5.41) is 2.89. The highest BCUT2D eigenvalue weighted by atomic mass is 16.6. The SMILES string of the molecule is CC(OC(=O)c1cc(=O)c2ccccc2o1)C(=O)Nc1ccc2c(c1)C(=O)c1ccccc1C2=O. The number of rotatable bonds is 4. The lowest BCUT2D eigenvalue weighted by Gasteiger charge is -2.19. The van der Waals surface area contributed by atoms with Gasteiger partial charge in [-0.25, -0.2) is 4.79 Å². The number of hydrogen-bond donors (Lipinski definition) is 1. The van der Waals surface area contributed by atoms with Gasteiger partial charge in [0.2, 0.25) is 5.76 Å². The van der Waals surface area contributed by atoms with Crippen LogP contribution < -0.4 is 10.7 Å². The zero-order chi connectivity index (χ0) is 24.7. The van der Waals surface area contributed by atoms with Crippen molar-refractivity contribution in [3.8, 4) is 0 Å². The number of carbonyl (C=O) groups excluding carboxylic acids is 4. The van der Waals surface area contributed by atoms with Crippen molar-refractivity contribution < 1.29 is 28.3 Å². The van der Waals surface area contributed by atoms with Crippen LogP contribution in [0.4, 0.5) is 5.69 Å². The van der Waals surface area contributed by atoms with Gasteiger partial charge in [-0.3, -0.25) is 19.2 Å². The van der Waals surface area contributed by atoms with Gasteiger partial charge in [-0.1, -0.05) is 36.4 Å². The van der Waals surface area contributed by atoms with Crippen molar-refractivity contribution >= 4 is 40.1 Å². The van der Waals surface area contributed by atoms with Crippen LogP contribution in [-0.2, 0) is 9.53 Å². The Labute approximate surface area is 198 Å². The maximum atomic E-state index is 12.9. The molecule has 0 spiro atoms. The predicted octanol–water partition coefficient (Wildman–Crippen LogP) is 3.75. The van der Waals surface area contributed by atoms with Gasteiger partial charge in [0, 0.05) is 34.0 Å². The number of esters is 1. The molecule has 0 bridgehead atoms. The standard InChI is InChI=1S/C27H17NO7/c1-14(34-27(33)23-13-21(29)19-8-4-5-9-22(19)35-23)26(32)28-15-10-11-18-20(12-15)25(31)17-7-3-2-6-16(17)24(18)30/h2-14H,1H3,(H,28,32). The molecule has 1 heterocycles. The Hall–Kier alpha value is -4.85. The molecule has 0 aliphatic heterocycles. The Balaban J connectivity index is 1.32. The molecular weight excluding hydrogens is 450 g/mol. The predicted molar refractivity (Wildman–Crippen MR) is 126 cm³/mol. The molecule has 5 rings (SSSR count). The van der Waals surface area contributed by atoms with Crippen molar-refractivity contribution in [1.29, 1.82) is 0 Å². The first-order valence-corrected chi connectivity index (χ1v) is 10.7. The molecule has 1 aliphatic carbocycles. The number of fused-ring (bicyclic) bond motifs is 3. The van der Waals surface area contributed by atoms with Gasteiger partial charge in [0.1, 0.15) is 5.58 Å². The van der Waals surface area contributed by atoms with Gasteiger partial charge in [0.15, 0.2) is 23.1 Å². The summed E-state index contributed by atoms with van der Waals surface area (Å²) in [7, 11) is 0. The fraction of sp³-hybridized carbons (Fsp3) is 0.0741. The molecule has 0 radical (unpaired) electrons. The highest BCUT2D eigenvalue weighted by Crippen LogP contribution is 2.29. The first-order chi connectivity index (χ1) is 16.8. The van der Waals surface area contributed by atoms with Crippen LogP contribution in [0.25, 0.3) is 11.0 Å². The molecule has 0 fully saturated rings. The van der Waals surface area contributed by atoms with E-state index < -0.39 is 23.4 Å². The van der Waals surface area contributed by atoms with Gasteiger partial charge in [-0.2, -0.15) is 0 Å². The molecule has 8 heteroatoms. The van der Waals surface area contributed by atoms with Crippen molar-refractivity contribution in [1.82, 2.24) is 0 Å². The van der Waals surface area contributed by atoms with Crippen LogP contribution in [0, 0.1) is 0 Å². The quantitative estimate of drug-likeness (QED) is 0.400. The van der Waals surface area contributed by atoms with Crippen molar-refractivity contribution in [2.45, 2.75) is 13.0 Å². The minimum absolute atomic E-state index is 0.175. The summed E-state index contributed by atoms with van der Waals surface area (Å²) in [4.78, 5) is 62.9. The third-order valence-corrected chi connectivity index (χ3v) is 5.68. The summed E-state index contributed by atoms with van der Waals surface area (Å²) in [6.07, 6.45) is -1.24. The topological polar surface area (TPSA) is 120 Å². The Kier molecular flexibility index (Phi) is 5.33. The van der Waals surface area contributed by atoms with Gasteiger partial charge in [0.05, 0.1) is 5.39 Å². The average Bonchev–Trinajstić information content (AvgIpc) is 2.87. The smallest absolute Gasteiger partial charge is 0.375 e. The van der Waals surface area contributed by atoms with Crippen LogP contribution in [0.5, 0.6) is 0 Å². The summed E-state index contributed by atoms with van der Waals surface area (Å²) in [6.45, 7) is 1.36. The molecule has 1 N–H and O–H groups in total. The lowest BCUT2D eigenvalue weighted by atomic mass is 9.84. The number of nitrogens with one attached hydrogen (secondary N) is 1.